The van der Waals surface area contributed by atoms with Gasteiger partial charge in [0, 0.05) is 26.0 Å². The molecule has 1 aromatic carbocycles. The second kappa shape index (κ2) is 5.89. The zero-order chi connectivity index (χ0) is 15.5. The van der Waals surface area contributed by atoms with Gasteiger partial charge in [0.15, 0.2) is 5.76 Å². The first kappa shape index (κ1) is 14.1. The normalized spacial score (nSPS) is 10.6. The van der Waals surface area contributed by atoms with Crippen LogP contribution in [0.15, 0.2) is 53.1 Å². The molecule has 3 rings (SSSR count). The van der Waals surface area contributed by atoms with Gasteiger partial charge < -0.3 is 14.6 Å². The van der Waals surface area contributed by atoms with Crippen LogP contribution in [0.2, 0.25) is 0 Å². The molecule has 0 atom stereocenters. The highest BCUT2D eigenvalue weighted by molar-refractivity contribution is 5.92. The molecule has 0 spiro atoms. The van der Waals surface area contributed by atoms with E-state index in [4.69, 9.17) is 4.42 Å². The lowest BCUT2D eigenvalue weighted by atomic mass is 10.1. The number of hydrogen-bond acceptors (Lipinski definition) is 4. The van der Waals surface area contributed by atoms with Crippen molar-refractivity contribution in [3.05, 3.63) is 60.1 Å². The maximum absolute atomic E-state index is 12.0. The number of carbonyl (C=O) groups is 1. The van der Waals surface area contributed by atoms with Gasteiger partial charge in [-0.3, -0.25) is 4.79 Å². The molecule has 0 saturated carbocycles. The van der Waals surface area contributed by atoms with Crippen LogP contribution in [0.5, 0.6) is 0 Å². The fourth-order valence-electron chi connectivity index (χ4n) is 2.28. The Kier molecular flexibility index (Phi) is 3.78. The largest absolute Gasteiger partial charge is 0.459 e. The summed E-state index contributed by atoms with van der Waals surface area (Å²) < 4.78 is 5.10. The Balaban J connectivity index is 1.90. The number of anilines is 1. The summed E-state index contributed by atoms with van der Waals surface area (Å²) in [6.45, 7) is 0.420. The molecule has 0 aliphatic rings. The number of furan rings is 1. The molecule has 0 unspecified atom stereocenters. The van der Waals surface area contributed by atoms with Crippen molar-refractivity contribution < 1.29 is 9.21 Å². The molecule has 0 aliphatic heterocycles. The summed E-state index contributed by atoms with van der Waals surface area (Å²) >= 11 is 0. The summed E-state index contributed by atoms with van der Waals surface area (Å²) in [5, 5.41) is 3.92. The van der Waals surface area contributed by atoms with Crippen LogP contribution in [0.3, 0.4) is 0 Å². The van der Waals surface area contributed by atoms with Gasteiger partial charge >= 0.3 is 0 Å². The van der Waals surface area contributed by atoms with Crippen LogP contribution in [-0.4, -0.2) is 25.0 Å². The van der Waals surface area contributed by atoms with Gasteiger partial charge in [0.05, 0.1) is 11.8 Å². The average molecular weight is 295 g/mol. The summed E-state index contributed by atoms with van der Waals surface area (Å²) in [7, 11) is 3.89. The van der Waals surface area contributed by atoms with E-state index in [1.54, 1.807) is 12.1 Å². The minimum absolute atomic E-state index is 0.225. The number of aromatic nitrogens is 1. The molecule has 0 saturated heterocycles. The third kappa shape index (κ3) is 2.79. The van der Waals surface area contributed by atoms with E-state index >= 15 is 0 Å². The van der Waals surface area contributed by atoms with Gasteiger partial charge in [-0.1, -0.05) is 18.2 Å². The van der Waals surface area contributed by atoms with Gasteiger partial charge in [-0.2, -0.15) is 0 Å². The number of para-hydroxylation sites is 1. The topological polar surface area (TPSA) is 58.4 Å². The second-order valence-corrected chi connectivity index (χ2v) is 5.21. The van der Waals surface area contributed by atoms with Crippen molar-refractivity contribution in [1.29, 1.82) is 0 Å². The fraction of sp³-hybridized carbons (Fsp3) is 0.176. The van der Waals surface area contributed by atoms with Gasteiger partial charge in [0.25, 0.3) is 5.91 Å². The van der Waals surface area contributed by atoms with Gasteiger partial charge in [-0.15, -0.1) is 0 Å². The lowest BCUT2D eigenvalue weighted by Gasteiger charge is -2.15. The predicted octanol–water partition coefficient (Wildman–Crippen LogP) is 2.82. The Bertz CT molecular complexity index is 795. The molecule has 112 valence electrons. The van der Waals surface area contributed by atoms with E-state index in [1.807, 2.05) is 49.3 Å². The first-order valence-electron chi connectivity index (χ1n) is 7.03. The number of nitrogens with one attached hydrogen (secondary N) is 1. The van der Waals surface area contributed by atoms with E-state index < -0.39 is 0 Å². The van der Waals surface area contributed by atoms with Crippen LogP contribution >= 0.6 is 0 Å². The summed E-state index contributed by atoms with van der Waals surface area (Å²) in [6.07, 6.45) is 1.49. The minimum atomic E-state index is -0.225. The standard InChI is InChI=1S/C17H17N3O2/c1-20(2)16-10-12(13-6-3-4-7-14(13)19-16)11-18-17(21)15-8-5-9-22-15/h3-10H,11H2,1-2H3,(H,18,21). The van der Waals surface area contributed by atoms with Crippen LogP contribution in [-0.2, 0) is 6.54 Å². The van der Waals surface area contributed by atoms with Crippen LogP contribution < -0.4 is 10.2 Å². The predicted molar refractivity (Wildman–Crippen MR) is 85.9 cm³/mol. The van der Waals surface area contributed by atoms with Gasteiger partial charge in [-0.05, 0) is 29.8 Å². The average Bonchev–Trinajstić information content (AvgIpc) is 3.06. The number of rotatable bonds is 4. The summed E-state index contributed by atoms with van der Waals surface area (Å²) in [6, 6.07) is 13.2. The molecule has 3 aromatic rings. The van der Waals surface area contributed by atoms with Crippen LogP contribution in [0, 0.1) is 0 Å². The molecule has 22 heavy (non-hydrogen) atoms. The van der Waals surface area contributed by atoms with E-state index in [0.29, 0.717) is 12.3 Å². The number of carbonyl (C=O) groups excluding carboxylic acids is 1. The first-order valence-corrected chi connectivity index (χ1v) is 7.03. The first-order chi connectivity index (χ1) is 10.6. The summed E-state index contributed by atoms with van der Waals surface area (Å²) in [5.41, 5.74) is 1.94. The van der Waals surface area contributed by atoms with E-state index in [1.165, 1.54) is 6.26 Å². The van der Waals surface area contributed by atoms with Crippen molar-refractivity contribution in [1.82, 2.24) is 10.3 Å². The number of benzene rings is 1. The van der Waals surface area contributed by atoms with Crippen LogP contribution in [0.4, 0.5) is 5.82 Å². The van der Waals surface area contributed by atoms with Crippen LogP contribution in [0.25, 0.3) is 10.9 Å². The number of hydrogen-bond donors (Lipinski definition) is 1. The third-order valence-electron chi connectivity index (χ3n) is 3.43. The highest BCUT2D eigenvalue weighted by atomic mass is 16.3. The third-order valence-corrected chi connectivity index (χ3v) is 3.43. The van der Waals surface area contributed by atoms with Crippen LogP contribution in [0.1, 0.15) is 16.1 Å². The van der Waals surface area contributed by atoms with Crippen molar-refractivity contribution >= 4 is 22.6 Å². The molecule has 2 aromatic heterocycles. The fourth-order valence-corrected chi connectivity index (χ4v) is 2.28. The number of pyridine rings is 1. The van der Waals surface area contributed by atoms with Gasteiger partial charge in [-0.25, -0.2) is 4.98 Å². The zero-order valence-electron chi connectivity index (χ0n) is 12.5. The van der Waals surface area contributed by atoms with E-state index in [-0.39, 0.29) is 5.91 Å². The lowest BCUT2D eigenvalue weighted by Crippen LogP contribution is -2.22. The van der Waals surface area contributed by atoms with Crippen molar-refractivity contribution in [2.45, 2.75) is 6.54 Å². The van der Waals surface area contributed by atoms with E-state index in [0.717, 1.165) is 22.3 Å². The molecule has 0 fully saturated rings. The Labute approximate surface area is 128 Å². The quantitative estimate of drug-likeness (QED) is 0.804. The van der Waals surface area contributed by atoms with Crippen molar-refractivity contribution in [2.24, 2.45) is 0 Å². The summed E-state index contributed by atoms with van der Waals surface area (Å²) in [5.74, 6) is 0.949. The zero-order valence-corrected chi connectivity index (χ0v) is 12.5. The molecule has 5 heteroatoms. The summed E-state index contributed by atoms with van der Waals surface area (Å²) in [4.78, 5) is 18.6. The van der Waals surface area contributed by atoms with Gasteiger partial charge in [0.2, 0.25) is 0 Å². The Morgan fingerprint density at radius 2 is 2.05 bits per heavy atom. The molecule has 0 aliphatic carbocycles. The maximum Gasteiger partial charge on any atom is 0.287 e. The minimum Gasteiger partial charge on any atom is -0.459 e. The Morgan fingerprint density at radius 3 is 2.77 bits per heavy atom. The Hall–Kier alpha value is -2.82. The molecule has 0 radical (unpaired) electrons. The Morgan fingerprint density at radius 1 is 1.23 bits per heavy atom. The molecule has 0 bridgehead atoms. The maximum atomic E-state index is 12.0. The van der Waals surface area contributed by atoms with Gasteiger partial charge in [0.1, 0.15) is 5.82 Å². The molecular formula is C17H17N3O2. The molecule has 1 amide bonds. The molecular weight excluding hydrogens is 278 g/mol. The van der Waals surface area contributed by atoms with Crippen molar-refractivity contribution in [3.63, 3.8) is 0 Å². The van der Waals surface area contributed by atoms with Crippen molar-refractivity contribution in [2.75, 3.05) is 19.0 Å². The van der Waals surface area contributed by atoms with E-state index in [9.17, 15) is 4.79 Å². The second-order valence-electron chi connectivity index (χ2n) is 5.21. The number of nitrogens with zero attached hydrogens (tertiary/aromatic N) is 2. The number of amides is 1. The highest BCUT2D eigenvalue weighted by Crippen LogP contribution is 2.22. The molecule has 5 nitrogen and oxygen atoms in total. The SMILES string of the molecule is CN(C)c1cc(CNC(=O)c2ccco2)c2ccccc2n1. The number of fused-ring (bicyclic) bond motifs is 1. The molecule has 2 heterocycles. The monoisotopic (exact) mass is 295 g/mol. The van der Waals surface area contributed by atoms with E-state index in [2.05, 4.69) is 10.3 Å². The van der Waals surface area contributed by atoms with Crippen molar-refractivity contribution in [3.8, 4) is 0 Å². The highest BCUT2D eigenvalue weighted by Gasteiger charge is 2.11. The smallest absolute Gasteiger partial charge is 0.287 e. The molecule has 1 N–H and O–H groups in total. The lowest BCUT2D eigenvalue weighted by molar-refractivity contribution is 0.0923.